The van der Waals surface area contributed by atoms with Crippen molar-refractivity contribution in [1.82, 2.24) is 10.3 Å². The van der Waals surface area contributed by atoms with Crippen molar-refractivity contribution < 1.29 is 9.53 Å². The first-order valence-corrected chi connectivity index (χ1v) is 8.06. The molecule has 1 aromatic heterocycles. The second-order valence-corrected chi connectivity index (χ2v) is 5.53. The van der Waals surface area contributed by atoms with Crippen molar-refractivity contribution in [2.24, 2.45) is 0 Å². The Morgan fingerprint density at radius 2 is 1.96 bits per heavy atom. The fourth-order valence-corrected chi connectivity index (χ4v) is 2.49. The Kier molecular flexibility index (Phi) is 6.15. The Morgan fingerprint density at radius 1 is 1.22 bits per heavy atom. The van der Waals surface area contributed by atoms with E-state index in [-0.39, 0.29) is 11.9 Å². The smallest absolute Gasteiger partial charge is 0.226 e. The van der Waals surface area contributed by atoms with Gasteiger partial charge in [-0.15, -0.1) is 0 Å². The maximum Gasteiger partial charge on any atom is 0.226 e. The predicted octanol–water partition coefficient (Wildman–Crippen LogP) is 3.60. The van der Waals surface area contributed by atoms with Crippen LogP contribution < -0.4 is 10.1 Å². The minimum Gasteiger partial charge on any atom is -0.494 e. The van der Waals surface area contributed by atoms with Crippen LogP contribution >= 0.6 is 0 Å². The molecule has 4 nitrogen and oxygen atoms in total. The van der Waals surface area contributed by atoms with Gasteiger partial charge in [0.2, 0.25) is 5.91 Å². The second-order valence-electron chi connectivity index (χ2n) is 5.53. The molecule has 0 saturated heterocycles. The van der Waals surface area contributed by atoms with Gasteiger partial charge in [0.1, 0.15) is 5.75 Å². The minimum atomic E-state index is -0.0103. The highest BCUT2D eigenvalue weighted by Gasteiger charge is 2.13. The van der Waals surface area contributed by atoms with Gasteiger partial charge < -0.3 is 10.1 Å². The number of nitrogens with one attached hydrogen (secondary N) is 1. The van der Waals surface area contributed by atoms with Gasteiger partial charge >= 0.3 is 0 Å². The lowest BCUT2D eigenvalue weighted by atomic mass is 10.0. The van der Waals surface area contributed by atoms with Crippen molar-refractivity contribution in [2.45, 2.75) is 39.7 Å². The van der Waals surface area contributed by atoms with Crippen LogP contribution in [0, 0.1) is 6.92 Å². The first-order chi connectivity index (χ1) is 11.1. The van der Waals surface area contributed by atoms with E-state index in [4.69, 9.17) is 4.74 Å². The monoisotopic (exact) mass is 312 g/mol. The molecule has 2 rings (SSSR count). The number of carbonyl (C=O) groups is 1. The van der Waals surface area contributed by atoms with Crippen LogP contribution in [0.4, 0.5) is 0 Å². The van der Waals surface area contributed by atoms with Crippen molar-refractivity contribution in [1.29, 1.82) is 0 Å². The Labute approximate surface area is 137 Å². The van der Waals surface area contributed by atoms with E-state index < -0.39 is 0 Å². The summed E-state index contributed by atoms with van der Waals surface area (Å²) in [6.07, 6.45) is 2.87. The molecule has 0 aliphatic carbocycles. The van der Waals surface area contributed by atoms with E-state index in [2.05, 4.69) is 17.2 Å². The van der Waals surface area contributed by atoms with Crippen LogP contribution in [0.5, 0.6) is 5.75 Å². The molecule has 0 aliphatic heterocycles. The number of pyridine rings is 1. The molecule has 4 heteroatoms. The quantitative estimate of drug-likeness (QED) is 0.850. The maximum atomic E-state index is 12.3. The molecule has 2 aromatic rings. The second kappa shape index (κ2) is 8.32. The van der Waals surface area contributed by atoms with Crippen LogP contribution in [0.1, 0.15) is 43.1 Å². The van der Waals surface area contributed by atoms with E-state index in [0.29, 0.717) is 13.0 Å². The van der Waals surface area contributed by atoms with Crippen molar-refractivity contribution in [3.05, 3.63) is 59.4 Å². The zero-order valence-corrected chi connectivity index (χ0v) is 14.0. The third-order valence-corrected chi connectivity index (χ3v) is 3.65. The highest BCUT2D eigenvalue weighted by atomic mass is 16.5. The highest BCUT2D eigenvalue weighted by Crippen LogP contribution is 2.20. The van der Waals surface area contributed by atoms with E-state index in [1.165, 1.54) is 0 Å². The lowest BCUT2D eigenvalue weighted by molar-refractivity contribution is -0.121. The lowest BCUT2D eigenvalue weighted by Gasteiger charge is -2.18. The maximum absolute atomic E-state index is 12.3. The van der Waals surface area contributed by atoms with Gasteiger partial charge in [-0.2, -0.15) is 0 Å². The Balaban J connectivity index is 1.99. The van der Waals surface area contributed by atoms with Gasteiger partial charge in [0.05, 0.1) is 19.1 Å². The van der Waals surface area contributed by atoms with Crippen LogP contribution in [0.25, 0.3) is 0 Å². The van der Waals surface area contributed by atoms with Crippen molar-refractivity contribution >= 4 is 5.91 Å². The molecule has 1 amide bonds. The van der Waals surface area contributed by atoms with Gasteiger partial charge in [-0.25, -0.2) is 0 Å². The Morgan fingerprint density at radius 3 is 2.57 bits per heavy atom. The number of benzene rings is 1. The summed E-state index contributed by atoms with van der Waals surface area (Å²) in [5.74, 6) is 0.838. The molecule has 1 unspecified atom stereocenters. The van der Waals surface area contributed by atoms with Crippen LogP contribution in [-0.2, 0) is 11.2 Å². The normalized spacial score (nSPS) is 11.8. The summed E-state index contributed by atoms with van der Waals surface area (Å²) in [5, 5.41) is 3.08. The largest absolute Gasteiger partial charge is 0.494 e. The summed E-state index contributed by atoms with van der Waals surface area (Å²) in [6, 6.07) is 11.8. The van der Waals surface area contributed by atoms with Gasteiger partial charge in [-0.05, 0) is 55.7 Å². The van der Waals surface area contributed by atoms with Gasteiger partial charge in [0.15, 0.2) is 0 Å². The van der Waals surface area contributed by atoms with E-state index >= 15 is 0 Å². The first-order valence-electron chi connectivity index (χ1n) is 8.06. The molecular weight excluding hydrogens is 288 g/mol. The summed E-state index contributed by atoms with van der Waals surface area (Å²) < 4.78 is 5.45. The molecule has 0 fully saturated rings. The summed E-state index contributed by atoms with van der Waals surface area (Å²) in [7, 11) is 0. The average molecular weight is 312 g/mol. The number of hydrogen-bond donors (Lipinski definition) is 1. The number of carbonyl (C=O) groups excluding carboxylic acids is 1. The van der Waals surface area contributed by atoms with Crippen LogP contribution in [0.2, 0.25) is 0 Å². The summed E-state index contributed by atoms with van der Waals surface area (Å²) in [6.45, 7) is 6.67. The lowest BCUT2D eigenvalue weighted by Crippen LogP contribution is -2.29. The topological polar surface area (TPSA) is 51.2 Å². The molecule has 0 aliphatic rings. The molecule has 1 atom stereocenters. The van der Waals surface area contributed by atoms with Gasteiger partial charge in [0.25, 0.3) is 0 Å². The fourth-order valence-electron chi connectivity index (χ4n) is 2.49. The average Bonchev–Trinajstić information content (AvgIpc) is 2.54. The number of rotatable bonds is 7. The standard InChI is InChI=1S/C19H24N2O2/c1-4-18(15-6-8-17(9-7-15)23-5-2)21-19(22)13-16-12-14(3)10-11-20-16/h6-12,18H,4-5,13H2,1-3H3,(H,21,22). The van der Waals surface area contributed by atoms with Crippen molar-refractivity contribution in [3.8, 4) is 5.75 Å². The Bertz CT molecular complexity index is 638. The van der Waals surface area contributed by atoms with Gasteiger partial charge in [-0.1, -0.05) is 19.1 Å². The predicted molar refractivity (Wildman–Crippen MR) is 91.5 cm³/mol. The van der Waals surface area contributed by atoms with Crippen LogP contribution in [-0.4, -0.2) is 17.5 Å². The molecule has 0 radical (unpaired) electrons. The first kappa shape index (κ1) is 17.0. The van der Waals surface area contributed by atoms with Crippen LogP contribution in [0.3, 0.4) is 0 Å². The molecule has 0 spiro atoms. The summed E-state index contributed by atoms with van der Waals surface area (Å²) >= 11 is 0. The zero-order chi connectivity index (χ0) is 16.7. The van der Waals surface area contributed by atoms with E-state index in [1.807, 2.05) is 50.2 Å². The Hall–Kier alpha value is -2.36. The SMILES string of the molecule is CCOc1ccc(C(CC)NC(=O)Cc2cc(C)ccn2)cc1. The fraction of sp³-hybridized carbons (Fsp3) is 0.368. The number of ether oxygens (including phenoxy) is 1. The van der Waals surface area contributed by atoms with E-state index in [0.717, 1.165) is 29.0 Å². The molecule has 1 N–H and O–H groups in total. The molecule has 0 saturated carbocycles. The minimum absolute atomic E-state index is 0.00276. The van der Waals surface area contributed by atoms with Crippen molar-refractivity contribution in [3.63, 3.8) is 0 Å². The molecule has 1 aromatic carbocycles. The summed E-state index contributed by atoms with van der Waals surface area (Å²) in [4.78, 5) is 16.5. The van der Waals surface area contributed by atoms with Gasteiger partial charge in [-0.3, -0.25) is 9.78 Å². The number of aryl methyl sites for hydroxylation is 1. The molecule has 23 heavy (non-hydrogen) atoms. The van der Waals surface area contributed by atoms with Crippen LogP contribution in [0.15, 0.2) is 42.6 Å². The van der Waals surface area contributed by atoms with Gasteiger partial charge in [0, 0.05) is 11.9 Å². The molecule has 1 heterocycles. The van der Waals surface area contributed by atoms with Crippen molar-refractivity contribution in [2.75, 3.05) is 6.61 Å². The number of hydrogen-bond acceptors (Lipinski definition) is 3. The highest BCUT2D eigenvalue weighted by molar-refractivity contribution is 5.78. The van der Waals surface area contributed by atoms with E-state index in [9.17, 15) is 4.79 Å². The molecule has 122 valence electrons. The third kappa shape index (κ3) is 5.09. The molecule has 0 bridgehead atoms. The third-order valence-electron chi connectivity index (χ3n) is 3.65. The zero-order valence-electron chi connectivity index (χ0n) is 14.0. The van der Waals surface area contributed by atoms with E-state index in [1.54, 1.807) is 6.20 Å². The number of nitrogens with zero attached hydrogens (tertiary/aromatic N) is 1. The number of amides is 1. The number of aromatic nitrogens is 1. The summed E-state index contributed by atoms with van der Waals surface area (Å²) in [5.41, 5.74) is 2.99. The molecular formula is C19H24N2O2.